The van der Waals surface area contributed by atoms with Crippen molar-refractivity contribution in [1.29, 1.82) is 0 Å². The van der Waals surface area contributed by atoms with Gasteiger partial charge in [-0.3, -0.25) is 9.11 Å². The normalized spacial score (nSPS) is 12.5. The highest BCUT2D eigenvalue weighted by atomic mass is 35.5. The van der Waals surface area contributed by atoms with E-state index in [-0.39, 0.29) is 64.4 Å². The summed E-state index contributed by atoms with van der Waals surface area (Å²) in [5.74, 6) is -1.88. The second-order valence-electron chi connectivity index (χ2n) is 10.9. The maximum Gasteiger partial charge on any atom is 0.298 e. The molecular formula is C32H20Cl4N6O8S2. The molecule has 8 N–H and O–H groups in total. The van der Waals surface area contributed by atoms with Crippen LogP contribution in [-0.2, 0) is 20.2 Å². The van der Waals surface area contributed by atoms with E-state index in [0.717, 1.165) is 0 Å². The monoisotopic (exact) mass is 820 g/mol. The number of benzene rings is 6. The van der Waals surface area contributed by atoms with Gasteiger partial charge in [-0.2, -0.15) is 16.8 Å². The molecule has 0 radical (unpaired) electrons. The number of rotatable bonds is 7. The molecule has 0 fully saturated rings. The number of nitrogens with two attached hydrogens (primary N) is 2. The van der Waals surface area contributed by atoms with Crippen molar-refractivity contribution in [2.75, 3.05) is 11.5 Å². The third kappa shape index (κ3) is 6.66. The van der Waals surface area contributed by atoms with Gasteiger partial charge in [0, 0.05) is 21.5 Å². The average Bonchev–Trinajstić information content (AvgIpc) is 3.05. The summed E-state index contributed by atoms with van der Waals surface area (Å²) in [5.41, 5.74) is 11.8. The van der Waals surface area contributed by atoms with Gasteiger partial charge >= 0.3 is 0 Å². The summed E-state index contributed by atoms with van der Waals surface area (Å²) in [7, 11) is -9.85. The number of nitrogen functional groups attached to an aromatic ring is 2. The van der Waals surface area contributed by atoms with Gasteiger partial charge in [-0.15, -0.1) is 20.5 Å². The number of anilines is 2. The predicted molar refractivity (Wildman–Crippen MR) is 200 cm³/mol. The van der Waals surface area contributed by atoms with Crippen molar-refractivity contribution < 1.29 is 36.2 Å². The lowest BCUT2D eigenvalue weighted by Gasteiger charge is -2.13. The van der Waals surface area contributed by atoms with E-state index in [1.807, 2.05) is 0 Å². The standard InChI is InChI=1S/C32H20Cl4N6O8S2/c33-19-9-13(10-20(34)25(19)39-41-27-23(37)15-5-1-3-7-17(15)31(29(27)43)51(45,46)47)14-11-21(35)26(22(36)12-14)40-42-28-24(38)16-6-2-4-8-18(16)32(30(28)44)52(48,49)50/h1-12,43-44H,37-38H2,(H,45,46,47)(H,48,49,50). The summed E-state index contributed by atoms with van der Waals surface area (Å²) in [4.78, 5) is -1.62. The van der Waals surface area contributed by atoms with Crippen LogP contribution in [0.15, 0.2) is 103 Å². The molecular weight excluding hydrogens is 802 g/mol. The van der Waals surface area contributed by atoms with E-state index < -0.39 is 52.9 Å². The molecule has 0 spiro atoms. The van der Waals surface area contributed by atoms with Crippen LogP contribution in [0.5, 0.6) is 11.5 Å². The Hall–Kier alpha value is -4.78. The molecule has 0 aliphatic rings. The highest BCUT2D eigenvalue weighted by molar-refractivity contribution is 7.86. The van der Waals surface area contributed by atoms with Crippen LogP contribution in [0.3, 0.4) is 0 Å². The molecule has 0 saturated carbocycles. The molecule has 6 aromatic rings. The van der Waals surface area contributed by atoms with Crippen molar-refractivity contribution in [2.24, 2.45) is 20.5 Å². The Balaban J connectivity index is 1.37. The summed E-state index contributed by atoms with van der Waals surface area (Å²) in [6.45, 7) is 0. The number of nitrogens with zero attached hydrogens (tertiary/aromatic N) is 4. The summed E-state index contributed by atoms with van der Waals surface area (Å²) in [6.07, 6.45) is 0. The lowest BCUT2D eigenvalue weighted by atomic mass is 10.0. The minimum Gasteiger partial charge on any atom is -0.504 e. The maximum atomic E-state index is 12.1. The Kier molecular flexibility index (Phi) is 9.71. The summed E-state index contributed by atoms with van der Waals surface area (Å²) < 4.78 is 68.2. The predicted octanol–water partition coefficient (Wildman–Crippen LogP) is 10.2. The smallest absolute Gasteiger partial charge is 0.298 e. The highest BCUT2D eigenvalue weighted by Crippen LogP contribution is 2.49. The van der Waals surface area contributed by atoms with Gasteiger partial charge in [0.05, 0.1) is 31.5 Å². The Morgan fingerprint density at radius 3 is 1.04 bits per heavy atom. The number of fused-ring (bicyclic) bond motifs is 2. The zero-order chi connectivity index (χ0) is 37.9. The van der Waals surface area contributed by atoms with Crippen LogP contribution in [0.4, 0.5) is 34.1 Å². The first-order valence-corrected chi connectivity index (χ1v) is 18.6. The summed E-state index contributed by atoms with van der Waals surface area (Å²) in [6, 6.07) is 17.5. The molecule has 0 aromatic heterocycles. The molecule has 52 heavy (non-hydrogen) atoms. The van der Waals surface area contributed by atoms with Crippen LogP contribution in [-0.4, -0.2) is 36.2 Å². The topological polar surface area (TPSA) is 251 Å². The summed E-state index contributed by atoms with van der Waals surface area (Å²) >= 11 is 26.0. The molecule has 266 valence electrons. The highest BCUT2D eigenvalue weighted by Gasteiger charge is 2.27. The molecule has 6 aromatic carbocycles. The maximum absolute atomic E-state index is 12.1. The van der Waals surface area contributed by atoms with Crippen LogP contribution >= 0.6 is 46.4 Å². The van der Waals surface area contributed by atoms with Gasteiger partial charge in [-0.25, -0.2) is 0 Å². The number of phenolic OH excluding ortho intramolecular Hbond substituents is 2. The molecule has 0 aliphatic carbocycles. The number of hydrogen-bond acceptors (Lipinski definition) is 12. The minimum atomic E-state index is -4.92. The van der Waals surface area contributed by atoms with Crippen molar-refractivity contribution in [3.63, 3.8) is 0 Å². The van der Waals surface area contributed by atoms with Gasteiger partial charge in [-0.05, 0) is 35.4 Å². The largest absolute Gasteiger partial charge is 0.504 e. The van der Waals surface area contributed by atoms with Gasteiger partial charge in [0.2, 0.25) is 0 Å². The molecule has 20 heteroatoms. The molecule has 0 unspecified atom stereocenters. The van der Waals surface area contributed by atoms with E-state index in [1.54, 1.807) is 12.1 Å². The molecule has 0 atom stereocenters. The second kappa shape index (κ2) is 13.6. The molecule has 0 bridgehead atoms. The lowest BCUT2D eigenvalue weighted by molar-refractivity contribution is 0.444. The van der Waals surface area contributed by atoms with E-state index in [2.05, 4.69) is 20.5 Å². The van der Waals surface area contributed by atoms with Gasteiger partial charge in [-0.1, -0.05) is 94.9 Å². The zero-order valence-corrected chi connectivity index (χ0v) is 30.3. The van der Waals surface area contributed by atoms with Gasteiger partial charge < -0.3 is 21.7 Å². The third-order valence-electron chi connectivity index (χ3n) is 7.70. The number of halogens is 4. The molecule has 0 amide bonds. The lowest BCUT2D eigenvalue weighted by Crippen LogP contribution is -2.02. The number of aromatic hydroxyl groups is 2. The Morgan fingerprint density at radius 2 is 0.750 bits per heavy atom. The summed E-state index contributed by atoms with van der Waals surface area (Å²) in [5, 5.41) is 37.5. The average molecular weight is 822 g/mol. The van der Waals surface area contributed by atoms with Gasteiger partial charge in [0.15, 0.2) is 22.9 Å². The van der Waals surface area contributed by atoms with Gasteiger partial charge in [0.1, 0.15) is 21.2 Å². The third-order valence-corrected chi connectivity index (χ3v) is 10.7. The van der Waals surface area contributed by atoms with Crippen molar-refractivity contribution in [3.8, 4) is 22.6 Å². The van der Waals surface area contributed by atoms with Crippen LogP contribution in [0, 0.1) is 0 Å². The SMILES string of the molecule is Nc1c(N=Nc2c(Cl)cc(-c3cc(Cl)c(N=Nc4c(O)c(S(=O)(=O)O)c5ccccc5c4N)c(Cl)c3)cc2Cl)c(O)c(S(=O)(=O)O)c2ccccc12. The minimum absolute atomic E-state index is 0.0357. The fraction of sp³-hybridized carbons (Fsp3) is 0. The van der Waals surface area contributed by atoms with Crippen molar-refractivity contribution in [2.45, 2.75) is 9.79 Å². The first-order chi connectivity index (χ1) is 24.4. The molecule has 14 nitrogen and oxygen atoms in total. The number of hydrogen-bond donors (Lipinski definition) is 6. The fourth-order valence-electron chi connectivity index (χ4n) is 5.39. The van der Waals surface area contributed by atoms with E-state index >= 15 is 0 Å². The van der Waals surface area contributed by atoms with E-state index in [9.17, 15) is 36.2 Å². The van der Waals surface area contributed by atoms with E-state index in [4.69, 9.17) is 57.9 Å². The van der Waals surface area contributed by atoms with Gasteiger partial charge in [0.25, 0.3) is 20.2 Å². The number of phenols is 2. The molecule has 0 aliphatic heterocycles. The van der Waals surface area contributed by atoms with Crippen molar-refractivity contribution in [1.82, 2.24) is 0 Å². The Labute approximate surface area is 314 Å². The van der Waals surface area contributed by atoms with Crippen LogP contribution in [0.1, 0.15) is 0 Å². The van der Waals surface area contributed by atoms with Crippen LogP contribution in [0.2, 0.25) is 20.1 Å². The second-order valence-corrected chi connectivity index (χ2v) is 15.2. The van der Waals surface area contributed by atoms with Crippen LogP contribution in [0.25, 0.3) is 32.7 Å². The molecule has 0 heterocycles. The first kappa shape index (κ1) is 37.0. The van der Waals surface area contributed by atoms with E-state index in [1.165, 1.54) is 60.7 Å². The Bertz CT molecular complexity index is 2560. The Morgan fingerprint density at radius 1 is 0.481 bits per heavy atom. The quantitative estimate of drug-likeness (QED) is 0.0505. The van der Waals surface area contributed by atoms with E-state index in [0.29, 0.717) is 11.1 Å². The zero-order valence-electron chi connectivity index (χ0n) is 25.6. The molecule has 6 rings (SSSR count). The number of azo groups is 2. The van der Waals surface area contributed by atoms with Crippen LogP contribution < -0.4 is 11.5 Å². The fourth-order valence-corrected chi connectivity index (χ4v) is 8.11. The molecule has 0 saturated heterocycles. The first-order valence-electron chi connectivity index (χ1n) is 14.2. The van der Waals surface area contributed by atoms with Crippen molar-refractivity contribution >= 4 is 122 Å². The van der Waals surface area contributed by atoms with Crippen molar-refractivity contribution in [3.05, 3.63) is 92.9 Å².